The molecule has 0 N–H and O–H groups in total. The number of benzene rings is 8. The predicted octanol–water partition coefficient (Wildman–Crippen LogP) is 13.5. The SMILES string of the molecule is [2H]c1c([2H])c([2H])c(-c2cccc3c2-c2cc(-n4c5ccccc5c5cc(-c6ccc7c(c6)c6c([2H])c([2H])c([2H])c([2H])c6n7-c6ccccc6)ccc54)ccc2C3(C)C)c([2H])c1[2H]. The molecule has 0 radical (unpaired) electrons. The average molecular weight is 686 g/mol. The van der Waals surface area contributed by atoms with Gasteiger partial charge in [0.25, 0.3) is 0 Å². The van der Waals surface area contributed by atoms with E-state index < -0.39 is 11.5 Å². The van der Waals surface area contributed by atoms with E-state index in [1.54, 1.807) is 0 Å². The maximum absolute atomic E-state index is 9.00. The Morgan fingerprint density at radius 3 is 1.87 bits per heavy atom. The second-order valence-corrected chi connectivity index (χ2v) is 14.3. The van der Waals surface area contributed by atoms with Crippen LogP contribution >= 0.6 is 0 Å². The Balaban J connectivity index is 1.11. The van der Waals surface area contributed by atoms with E-state index in [9.17, 15) is 0 Å². The van der Waals surface area contributed by atoms with Gasteiger partial charge >= 0.3 is 0 Å². The zero-order valence-electron chi connectivity index (χ0n) is 38.0. The van der Waals surface area contributed by atoms with Crippen LogP contribution in [0.15, 0.2) is 182 Å². The molecule has 1 aliphatic carbocycles. The van der Waals surface area contributed by atoms with Gasteiger partial charge < -0.3 is 9.13 Å². The highest BCUT2D eigenvalue weighted by Crippen LogP contribution is 2.53. The number of para-hydroxylation sites is 3. The first-order chi connectivity index (χ1) is 29.8. The lowest BCUT2D eigenvalue weighted by Crippen LogP contribution is -2.15. The molecule has 0 saturated heterocycles. The van der Waals surface area contributed by atoms with E-state index in [2.05, 4.69) is 73.0 Å². The lowest BCUT2D eigenvalue weighted by atomic mass is 9.82. The first kappa shape index (κ1) is 22.3. The second kappa shape index (κ2) is 11.2. The molecule has 0 amide bonds. The lowest BCUT2D eigenvalue weighted by molar-refractivity contribution is 0.660. The van der Waals surface area contributed by atoms with Gasteiger partial charge in [0.05, 0.1) is 34.4 Å². The van der Waals surface area contributed by atoms with Gasteiger partial charge in [-0.25, -0.2) is 0 Å². The summed E-state index contributed by atoms with van der Waals surface area (Å²) in [6.45, 7) is 4.33. The molecule has 8 aromatic carbocycles. The standard InChI is InChI=1S/C51H36N2/c1-51(2)44-27-26-37(32-43(44)50-38(20-13-21-45(50)51)33-14-5-3-6-15-33)53-47-23-12-10-19-40(47)42-31-35(25-29-49(42)53)34-24-28-48-41(30-34)39-18-9-11-22-46(39)52(48)36-16-7-4-8-17-36/h3-32H,1-2H3/i3D,5D,6D,9D,11D,14D,15D,18D,22D. The molecule has 2 nitrogen and oxygen atoms in total. The summed E-state index contributed by atoms with van der Waals surface area (Å²) in [4.78, 5) is 0. The summed E-state index contributed by atoms with van der Waals surface area (Å²) in [6.07, 6.45) is 0. The number of fused-ring (bicyclic) bond motifs is 9. The first-order valence-corrected chi connectivity index (χ1v) is 17.8. The fourth-order valence-corrected chi connectivity index (χ4v) is 8.70. The summed E-state index contributed by atoms with van der Waals surface area (Å²) in [5.41, 5.74) is 11.1. The Morgan fingerprint density at radius 2 is 1.08 bits per heavy atom. The van der Waals surface area contributed by atoms with Gasteiger partial charge in [-0.15, -0.1) is 0 Å². The van der Waals surface area contributed by atoms with Crippen molar-refractivity contribution in [2.75, 3.05) is 0 Å². The van der Waals surface area contributed by atoms with Crippen LogP contribution in [0.3, 0.4) is 0 Å². The third-order valence-corrected chi connectivity index (χ3v) is 11.1. The molecule has 1 aliphatic rings. The van der Waals surface area contributed by atoms with E-state index in [-0.39, 0.29) is 53.9 Å². The highest BCUT2D eigenvalue weighted by Gasteiger charge is 2.37. The van der Waals surface area contributed by atoms with Crippen LogP contribution in [-0.2, 0) is 5.41 Å². The number of hydrogen-bond acceptors (Lipinski definition) is 0. The van der Waals surface area contributed by atoms with Gasteiger partial charge in [-0.05, 0) is 105 Å². The van der Waals surface area contributed by atoms with Gasteiger partial charge in [0.15, 0.2) is 0 Å². The summed E-state index contributed by atoms with van der Waals surface area (Å²) in [5, 5.41) is 3.31. The second-order valence-electron chi connectivity index (χ2n) is 14.3. The smallest absolute Gasteiger partial charge is 0.0645 e. The van der Waals surface area contributed by atoms with Crippen molar-refractivity contribution in [1.82, 2.24) is 9.13 Å². The van der Waals surface area contributed by atoms with Crippen molar-refractivity contribution in [2.45, 2.75) is 19.3 Å². The summed E-state index contributed by atoms with van der Waals surface area (Å²) < 4.78 is 82.1. The maximum Gasteiger partial charge on any atom is 0.0645 e. The monoisotopic (exact) mass is 685 g/mol. The van der Waals surface area contributed by atoms with Crippen LogP contribution in [0, 0.1) is 0 Å². The topological polar surface area (TPSA) is 9.86 Å². The van der Waals surface area contributed by atoms with E-state index >= 15 is 0 Å². The summed E-state index contributed by atoms with van der Waals surface area (Å²) in [7, 11) is 0. The molecule has 53 heavy (non-hydrogen) atoms. The van der Waals surface area contributed by atoms with Crippen molar-refractivity contribution >= 4 is 43.6 Å². The maximum atomic E-state index is 9.00. The van der Waals surface area contributed by atoms with E-state index in [1.807, 2.05) is 77.4 Å². The van der Waals surface area contributed by atoms with Crippen LogP contribution in [0.4, 0.5) is 0 Å². The highest BCUT2D eigenvalue weighted by atomic mass is 15.0. The summed E-state index contributed by atoms with van der Waals surface area (Å²) in [5.74, 6) is 0. The van der Waals surface area contributed by atoms with E-state index in [1.165, 1.54) is 0 Å². The van der Waals surface area contributed by atoms with Crippen LogP contribution in [0.25, 0.3) is 88.4 Å². The minimum atomic E-state index is -0.416. The molecule has 0 spiro atoms. The average Bonchev–Trinajstić information content (AvgIpc) is 3.89. The van der Waals surface area contributed by atoms with Crippen molar-refractivity contribution in [3.05, 3.63) is 193 Å². The van der Waals surface area contributed by atoms with E-state index in [0.29, 0.717) is 16.5 Å². The number of rotatable bonds is 4. The fourth-order valence-electron chi connectivity index (χ4n) is 8.70. The van der Waals surface area contributed by atoms with Crippen LogP contribution in [0.2, 0.25) is 0 Å². The molecule has 10 aromatic rings. The van der Waals surface area contributed by atoms with Crippen molar-refractivity contribution in [1.29, 1.82) is 0 Å². The van der Waals surface area contributed by atoms with Gasteiger partial charge in [0.2, 0.25) is 0 Å². The quantitative estimate of drug-likeness (QED) is 0.174. The molecule has 0 unspecified atom stereocenters. The van der Waals surface area contributed by atoms with Gasteiger partial charge in [-0.1, -0.05) is 135 Å². The van der Waals surface area contributed by atoms with Crippen molar-refractivity contribution in [3.8, 4) is 44.8 Å². The zero-order valence-corrected chi connectivity index (χ0v) is 29.0. The third-order valence-electron chi connectivity index (χ3n) is 11.1. The molecule has 2 heteroatoms. The van der Waals surface area contributed by atoms with Gasteiger partial charge in [0.1, 0.15) is 0 Å². The Bertz CT molecular complexity index is 3570. The predicted molar refractivity (Wildman–Crippen MR) is 224 cm³/mol. The Kier molecular flexibility index (Phi) is 4.71. The minimum absolute atomic E-state index is 0.0721. The van der Waals surface area contributed by atoms with Crippen molar-refractivity contribution in [3.63, 3.8) is 0 Å². The molecular weight excluding hydrogens is 641 g/mol. The van der Waals surface area contributed by atoms with Crippen LogP contribution in [0.5, 0.6) is 0 Å². The van der Waals surface area contributed by atoms with Crippen LogP contribution in [-0.4, -0.2) is 9.13 Å². The molecule has 250 valence electrons. The molecule has 0 atom stereocenters. The number of aromatic nitrogens is 2. The van der Waals surface area contributed by atoms with Gasteiger partial charge in [-0.2, -0.15) is 0 Å². The molecule has 11 rings (SSSR count). The molecule has 0 fully saturated rings. The fraction of sp³-hybridized carbons (Fsp3) is 0.0588. The Labute approximate surface area is 321 Å². The summed E-state index contributed by atoms with van der Waals surface area (Å²) >= 11 is 0. The lowest BCUT2D eigenvalue weighted by Gasteiger charge is -2.22. The first-order valence-electron chi connectivity index (χ1n) is 22.3. The molecule has 2 aromatic heterocycles. The largest absolute Gasteiger partial charge is 0.309 e. The van der Waals surface area contributed by atoms with Crippen LogP contribution in [0.1, 0.15) is 37.3 Å². The van der Waals surface area contributed by atoms with Crippen molar-refractivity contribution < 1.29 is 12.3 Å². The Morgan fingerprint density at radius 1 is 0.415 bits per heavy atom. The van der Waals surface area contributed by atoms with Gasteiger partial charge in [-0.3, -0.25) is 0 Å². The minimum Gasteiger partial charge on any atom is -0.309 e. The van der Waals surface area contributed by atoms with E-state index in [0.717, 1.165) is 77.5 Å². The summed E-state index contributed by atoms with van der Waals surface area (Å²) in [6, 6.07) is 40.4. The molecule has 0 saturated carbocycles. The van der Waals surface area contributed by atoms with E-state index in [4.69, 9.17) is 12.3 Å². The highest BCUT2D eigenvalue weighted by molar-refractivity contribution is 6.13. The molecule has 2 heterocycles. The number of hydrogen-bond donors (Lipinski definition) is 0. The third kappa shape index (κ3) is 4.33. The molecule has 0 aliphatic heterocycles. The number of nitrogens with zero attached hydrogens (tertiary/aromatic N) is 2. The normalized spacial score (nSPS) is 15.6. The molecular formula is C51H36N2. The van der Waals surface area contributed by atoms with Crippen LogP contribution < -0.4 is 0 Å². The Hall–Kier alpha value is -6.64. The van der Waals surface area contributed by atoms with Crippen molar-refractivity contribution in [2.24, 2.45) is 0 Å². The molecule has 0 bridgehead atoms. The zero-order chi connectivity index (χ0) is 43.1. The van der Waals surface area contributed by atoms with Gasteiger partial charge in [0, 0.05) is 38.3 Å².